The van der Waals surface area contributed by atoms with E-state index in [1.165, 1.54) is 12.2 Å². The summed E-state index contributed by atoms with van der Waals surface area (Å²) in [5.74, 6) is 1.01. The zero-order valence-corrected chi connectivity index (χ0v) is 13.2. The molecule has 0 radical (unpaired) electrons. The highest BCUT2D eigenvalue weighted by molar-refractivity contribution is 9.10. The summed E-state index contributed by atoms with van der Waals surface area (Å²) in [6.45, 7) is 2.85. The number of halogens is 2. The first-order valence-corrected chi connectivity index (χ1v) is 7.89. The maximum absolute atomic E-state index is 12.1. The maximum atomic E-state index is 12.1. The van der Waals surface area contributed by atoms with Crippen molar-refractivity contribution < 1.29 is 4.79 Å². The maximum Gasteiger partial charge on any atom is 0.254 e. The van der Waals surface area contributed by atoms with Gasteiger partial charge in [-0.15, -0.1) is 0 Å². The molecular weight excluding hydrogens is 336 g/mol. The van der Waals surface area contributed by atoms with Crippen molar-refractivity contribution in [3.63, 3.8) is 0 Å². The van der Waals surface area contributed by atoms with E-state index in [9.17, 15) is 4.79 Å². The molecule has 6 heteroatoms. The van der Waals surface area contributed by atoms with Crippen LogP contribution in [0.15, 0.2) is 16.7 Å². The highest BCUT2D eigenvalue weighted by Crippen LogP contribution is 2.37. The van der Waals surface area contributed by atoms with E-state index in [1.54, 1.807) is 12.3 Å². The zero-order valence-electron chi connectivity index (χ0n) is 10.0. The van der Waals surface area contributed by atoms with Crippen LogP contribution in [0.3, 0.4) is 0 Å². The molecule has 1 amide bonds. The Morgan fingerprint density at radius 3 is 3.17 bits per heavy atom. The quantitative estimate of drug-likeness (QED) is 0.849. The van der Waals surface area contributed by atoms with Gasteiger partial charge in [0.05, 0.1) is 5.56 Å². The van der Waals surface area contributed by atoms with Crippen LogP contribution >= 0.6 is 39.3 Å². The van der Waals surface area contributed by atoms with Crippen molar-refractivity contribution in [2.45, 2.75) is 24.5 Å². The Morgan fingerprint density at radius 1 is 1.72 bits per heavy atom. The number of thioether (sulfide) groups is 1. The van der Waals surface area contributed by atoms with E-state index < -0.39 is 0 Å². The molecular formula is C12H14BrClN2OS. The van der Waals surface area contributed by atoms with Gasteiger partial charge in [-0.05, 0) is 47.5 Å². The third-order valence-electron chi connectivity index (χ3n) is 2.97. The van der Waals surface area contributed by atoms with E-state index in [0.717, 1.165) is 10.9 Å². The topological polar surface area (TPSA) is 42.0 Å². The molecule has 0 spiro atoms. The largest absolute Gasteiger partial charge is 0.351 e. The van der Waals surface area contributed by atoms with Crippen LogP contribution in [0.4, 0.5) is 0 Å². The van der Waals surface area contributed by atoms with Crippen molar-refractivity contribution in [2.24, 2.45) is 0 Å². The molecule has 1 aliphatic heterocycles. The molecule has 1 aromatic rings. The van der Waals surface area contributed by atoms with Gasteiger partial charge in [-0.3, -0.25) is 4.79 Å². The molecule has 1 aromatic heterocycles. The van der Waals surface area contributed by atoms with Gasteiger partial charge in [0.15, 0.2) is 0 Å². The Morgan fingerprint density at radius 2 is 2.50 bits per heavy atom. The second kappa shape index (κ2) is 5.80. The van der Waals surface area contributed by atoms with E-state index in [4.69, 9.17) is 11.6 Å². The minimum Gasteiger partial charge on any atom is -0.351 e. The molecule has 3 nitrogen and oxygen atoms in total. The summed E-state index contributed by atoms with van der Waals surface area (Å²) in [6, 6.07) is 1.69. The summed E-state index contributed by atoms with van der Waals surface area (Å²) in [4.78, 5) is 16.0. The fourth-order valence-corrected chi connectivity index (χ4v) is 3.69. The predicted octanol–water partition coefficient (Wildman–Crippen LogP) is 3.51. The fraction of sp³-hybridized carbons (Fsp3) is 0.500. The number of amides is 1. The Hall–Kier alpha value is -0.260. The first kappa shape index (κ1) is 14.2. The Balaban J connectivity index is 2.01. The van der Waals surface area contributed by atoms with Gasteiger partial charge in [-0.1, -0.05) is 11.6 Å². The number of pyridine rings is 1. The molecule has 0 aromatic carbocycles. The number of hydrogen-bond acceptors (Lipinski definition) is 3. The molecule has 1 saturated heterocycles. The summed E-state index contributed by atoms with van der Waals surface area (Å²) < 4.78 is 0.903. The van der Waals surface area contributed by atoms with Crippen LogP contribution in [-0.2, 0) is 0 Å². The SMILES string of the molecule is CC1(CNC(=O)c2cc(Br)cnc2Cl)CCCS1. The Labute approximate surface area is 124 Å². The van der Waals surface area contributed by atoms with Crippen molar-refractivity contribution >= 4 is 45.2 Å². The minimum absolute atomic E-state index is 0.154. The molecule has 1 fully saturated rings. The zero-order chi connectivity index (χ0) is 13.2. The van der Waals surface area contributed by atoms with Crippen molar-refractivity contribution in [3.05, 3.63) is 27.5 Å². The summed E-state index contributed by atoms with van der Waals surface area (Å²) >= 11 is 11.1. The first-order valence-electron chi connectivity index (χ1n) is 5.73. The van der Waals surface area contributed by atoms with Crippen LogP contribution in [0.5, 0.6) is 0 Å². The van der Waals surface area contributed by atoms with Crippen molar-refractivity contribution in [1.29, 1.82) is 0 Å². The molecule has 0 saturated carbocycles. The molecule has 1 atom stereocenters. The molecule has 1 aliphatic rings. The van der Waals surface area contributed by atoms with Gasteiger partial charge in [0.2, 0.25) is 0 Å². The molecule has 0 bridgehead atoms. The highest BCUT2D eigenvalue weighted by atomic mass is 79.9. The lowest BCUT2D eigenvalue weighted by atomic mass is 10.1. The van der Waals surface area contributed by atoms with Crippen molar-refractivity contribution in [1.82, 2.24) is 10.3 Å². The van der Waals surface area contributed by atoms with E-state index in [1.807, 2.05) is 11.8 Å². The molecule has 2 rings (SSSR count). The molecule has 18 heavy (non-hydrogen) atoms. The number of nitrogens with zero attached hydrogens (tertiary/aromatic N) is 1. The van der Waals surface area contributed by atoms with Crippen LogP contribution in [-0.4, -0.2) is 27.9 Å². The van der Waals surface area contributed by atoms with Crippen molar-refractivity contribution in [3.8, 4) is 0 Å². The lowest BCUT2D eigenvalue weighted by Crippen LogP contribution is -2.36. The van der Waals surface area contributed by atoms with Gasteiger partial charge in [0, 0.05) is 22.0 Å². The van der Waals surface area contributed by atoms with E-state index in [-0.39, 0.29) is 15.8 Å². The van der Waals surface area contributed by atoms with Gasteiger partial charge in [0.25, 0.3) is 5.91 Å². The second-order valence-corrected chi connectivity index (χ2v) is 7.53. The average Bonchev–Trinajstić information content (AvgIpc) is 2.77. The third kappa shape index (κ3) is 3.39. The molecule has 98 valence electrons. The van der Waals surface area contributed by atoms with Gasteiger partial charge >= 0.3 is 0 Å². The van der Waals surface area contributed by atoms with Gasteiger partial charge < -0.3 is 5.32 Å². The molecule has 1 unspecified atom stereocenters. The van der Waals surface area contributed by atoms with E-state index in [0.29, 0.717) is 12.1 Å². The van der Waals surface area contributed by atoms with E-state index in [2.05, 4.69) is 33.2 Å². The Kier molecular flexibility index (Phi) is 4.56. The molecule has 1 N–H and O–H groups in total. The third-order valence-corrected chi connectivity index (χ3v) is 5.25. The predicted molar refractivity (Wildman–Crippen MR) is 79.4 cm³/mol. The number of rotatable bonds is 3. The number of carbonyl (C=O) groups excluding carboxylic acids is 1. The van der Waals surface area contributed by atoms with Crippen molar-refractivity contribution in [2.75, 3.05) is 12.3 Å². The van der Waals surface area contributed by atoms with Crippen LogP contribution in [0.25, 0.3) is 0 Å². The highest BCUT2D eigenvalue weighted by Gasteiger charge is 2.30. The standard InChI is InChI=1S/C12H14BrClN2OS/c1-12(3-2-4-18-12)7-16-11(17)9-5-8(13)6-15-10(9)14/h5-6H,2-4,7H2,1H3,(H,16,17). The summed E-state index contributed by atoms with van der Waals surface area (Å²) in [5.41, 5.74) is 0.414. The van der Waals surface area contributed by atoms with Crippen LogP contribution in [0.2, 0.25) is 5.15 Å². The molecule has 2 heterocycles. The number of carbonyl (C=O) groups is 1. The average molecular weight is 350 g/mol. The first-order chi connectivity index (χ1) is 8.50. The second-order valence-electron chi connectivity index (χ2n) is 4.58. The van der Waals surface area contributed by atoms with Crippen LogP contribution in [0, 0.1) is 0 Å². The number of nitrogens with one attached hydrogen (secondary N) is 1. The Bertz CT molecular complexity index is 463. The van der Waals surface area contributed by atoms with Gasteiger partial charge in [0.1, 0.15) is 5.15 Å². The normalized spacial score (nSPS) is 23.1. The minimum atomic E-state index is -0.164. The summed E-state index contributed by atoms with van der Waals surface area (Å²) in [7, 11) is 0. The van der Waals surface area contributed by atoms with Crippen LogP contribution in [0.1, 0.15) is 30.1 Å². The lowest BCUT2D eigenvalue weighted by Gasteiger charge is -2.22. The van der Waals surface area contributed by atoms with E-state index >= 15 is 0 Å². The lowest BCUT2D eigenvalue weighted by molar-refractivity contribution is 0.0949. The summed E-state index contributed by atoms with van der Waals surface area (Å²) in [5, 5.41) is 3.18. The monoisotopic (exact) mass is 348 g/mol. The van der Waals surface area contributed by atoms with Gasteiger partial charge in [-0.25, -0.2) is 4.98 Å². The van der Waals surface area contributed by atoms with Crippen LogP contribution < -0.4 is 5.32 Å². The fourth-order valence-electron chi connectivity index (χ4n) is 1.92. The molecule has 0 aliphatic carbocycles. The van der Waals surface area contributed by atoms with Gasteiger partial charge in [-0.2, -0.15) is 11.8 Å². The smallest absolute Gasteiger partial charge is 0.254 e. The number of aromatic nitrogens is 1. The number of hydrogen-bond donors (Lipinski definition) is 1. The summed E-state index contributed by atoms with van der Waals surface area (Å²) in [6.07, 6.45) is 3.94.